The molecule has 1 saturated carbocycles. The first-order valence-corrected chi connectivity index (χ1v) is 12.3. The number of aryl methyl sites for hydroxylation is 1. The van der Waals surface area contributed by atoms with Crippen LogP contribution in [0.3, 0.4) is 0 Å². The molecule has 37 heavy (non-hydrogen) atoms. The smallest absolute Gasteiger partial charge is 0.383 e. The molecule has 0 bridgehead atoms. The Kier molecular flexibility index (Phi) is 7.57. The van der Waals surface area contributed by atoms with Crippen LogP contribution < -0.4 is 10.6 Å². The van der Waals surface area contributed by atoms with Crippen LogP contribution in [0.5, 0.6) is 0 Å². The topological polar surface area (TPSA) is 74.3 Å². The van der Waals surface area contributed by atoms with E-state index < -0.39 is 35.5 Å². The summed E-state index contributed by atoms with van der Waals surface area (Å²) in [5.41, 5.74) is 0.530. The summed E-state index contributed by atoms with van der Waals surface area (Å²) in [6.07, 6.45) is 0.392. The van der Waals surface area contributed by atoms with Gasteiger partial charge in [-0.05, 0) is 63.1 Å². The van der Waals surface area contributed by atoms with Gasteiger partial charge in [-0.2, -0.15) is 13.2 Å². The third-order valence-corrected chi connectivity index (χ3v) is 6.92. The summed E-state index contributed by atoms with van der Waals surface area (Å²) in [6.45, 7) is 8.35. The Bertz CT molecular complexity index is 1200. The van der Waals surface area contributed by atoms with Gasteiger partial charge in [0.1, 0.15) is 11.9 Å². The van der Waals surface area contributed by atoms with Crippen molar-refractivity contribution in [3.63, 3.8) is 0 Å². The van der Waals surface area contributed by atoms with Crippen LogP contribution in [0.1, 0.15) is 59.4 Å². The lowest BCUT2D eigenvalue weighted by atomic mass is 9.98. The number of carbonyl (C=O) groups is 2. The van der Waals surface area contributed by atoms with Crippen molar-refractivity contribution in [3.05, 3.63) is 71.3 Å². The minimum absolute atomic E-state index is 0.0131. The molecule has 4 rings (SSSR count). The SMILES string of the molecule is C=C[C@@H]1C[C@H](C(=O)N[C@@H](c2ccc(C(F)(F)F)cc2F)C2CC2)N(C(=O)c2cc(C)ncc2NCC)C1. The maximum atomic E-state index is 14.8. The van der Waals surface area contributed by atoms with Gasteiger partial charge in [0, 0.05) is 24.3 Å². The fourth-order valence-electron chi connectivity index (χ4n) is 4.82. The molecule has 2 fully saturated rings. The van der Waals surface area contributed by atoms with Crippen molar-refractivity contribution in [1.29, 1.82) is 0 Å². The van der Waals surface area contributed by atoms with E-state index in [4.69, 9.17) is 0 Å². The van der Waals surface area contributed by atoms with E-state index in [1.807, 2.05) is 6.92 Å². The van der Waals surface area contributed by atoms with Gasteiger partial charge in [-0.25, -0.2) is 4.39 Å². The Morgan fingerprint density at radius 1 is 1.27 bits per heavy atom. The zero-order valence-electron chi connectivity index (χ0n) is 20.7. The molecule has 1 aliphatic heterocycles. The van der Waals surface area contributed by atoms with Gasteiger partial charge >= 0.3 is 6.18 Å². The molecule has 1 saturated heterocycles. The summed E-state index contributed by atoms with van der Waals surface area (Å²) in [5, 5.41) is 5.97. The van der Waals surface area contributed by atoms with Crippen molar-refractivity contribution in [3.8, 4) is 0 Å². The Morgan fingerprint density at radius 2 is 2.00 bits per heavy atom. The number of hydrogen-bond acceptors (Lipinski definition) is 4. The number of pyridine rings is 1. The minimum atomic E-state index is -4.67. The van der Waals surface area contributed by atoms with Crippen molar-refractivity contribution in [1.82, 2.24) is 15.2 Å². The summed E-state index contributed by atoms with van der Waals surface area (Å²) >= 11 is 0. The van der Waals surface area contributed by atoms with Crippen molar-refractivity contribution in [2.75, 3.05) is 18.4 Å². The molecule has 1 aliphatic carbocycles. The van der Waals surface area contributed by atoms with E-state index in [0.29, 0.717) is 36.0 Å². The summed E-state index contributed by atoms with van der Waals surface area (Å²) in [5.74, 6) is -2.02. The van der Waals surface area contributed by atoms with Gasteiger partial charge in [-0.15, -0.1) is 6.58 Å². The van der Waals surface area contributed by atoms with Crippen molar-refractivity contribution < 1.29 is 27.2 Å². The summed E-state index contributed by atoms with van der Waals surface area (Å²) in [7, 11) is 0. The van der Waals surface area contributed by atoms with Crippen molar-refractivity contribution >= 4 is 17.5 Å². The molecule has 198 valence electrons. The van der Waals surface area contributed by atoms with E-state index in [0.717, 1.165) is 25.0 Å². The predicted octanol–water partition coefficient (Wildman–Crippen LogP) is 5.26. The van der Waals surface area contributed by atoms with Crippen molar-refractivity contribution in [2.24, 2.45) is 11.8 Å². The highest BCUT2D eigenvalue weighted by molar-refractivity contribution is 6.02. The highest BCUT2D eigenvalue weighted by Gasteiger charge is 2.43. The number of nitrogens with zero attached hydrogens (tertiary/aromatic N) is 2. The largest absolute Gasteiger partial charge is 0.416 e. The molecule has 2 heterocycles. The lowest BCUT2D eigenvalue weighted by Gasteiger charge is -2.28. The van der Waals surface area contributed by atoms with Crippen molar-refractivity contribution in [2.45, 2.75) is 51.4 Å². The zero-order valence-corrected chi connectivity index (χ0v) is 20.7. The first-order valence-electron chi connectivity index (χ1n) is 12.3. The van der Waals surface area contributed by atoms with E-state index in [9.17, 15) is 27.2 Å². The van der Waals surface area contributed by atoms with Gasteiger partial charge in [-0.3, -0.25) is 14.6 Å². The van der Waals surface area contributed by atoms with Gasteiger partial charge < -0.3 is 15.5 Å². The molecule has 2 aromatic rings. The van der Waals surface area contributed by atoms with Gasteiger partial charge in [0.05, 0.1) is 29.1 Å². The fraction of sp³-hybridized carbons (Fsp3) is 0.444. The van der Waals surface area contributed by atoms with Crippen LogP contribution in [0.2, 0.25) is 0 Å². The number of nitrogens with one attached hydrogen (secondary N) is 2. The third-order valence-electron chi connectivity index (χ3n) is 6.92. The first-order chi connectivity index (χ1) is 17.5. The summed E-state index contributed by atoms with van der Waals surface area (Å²) in [6, 6.07) is 2.43. The van der Waals surface area contributed by atoms with Gasteiger partial charge in [0.15, 0.2) is 0 Å². The number of likely N-dealkylation sites (tertiary alicyclic amines) is 1. The molecule has 0 unspecified atom stereocenters. The summed E-state index contributed by atoms with van der Waals surface area (Å²) < 4.78 is 53.9. The van der Waals surface area contributed by atoms with E-state index >= 15 is 0 Å². The van der Waals surface area contributed by atoms with Gasteiger partial charge in [-0.1, -0.05) is 12.1 Å². The van der Waals surface area contributed by atoms with Crippen LogP contribution in [0, 0.1) is 24.6 Å². The molecule has 6 nitrogen and oxygen atoms in total. The molecule has 10 heteroatoms. The molecule has 1 aromatic carbocycles. The molecule has 2 aliphatic rings. The monoisotopic (exact) mass is 518 g/mol. The molecule has 3 atom stereocenters. The number of amides is 2. The Hall–Kier alpha value is -3.43. The van der Waals surface area contributed by atoms with Crippen LogP contribution in [-0.2, 0) is 11.0 Å². The maximum Gasteiger partial charge on any atom is 0.416 e. The summed E-state index contributed by atoms with van der Waals surface area (Å²) in [4.78, 5) is 32.9. The highest BCUT2D eigenvalue weighted by atomic mass is 19.4. The van der Waals surface area contributed by atoms with Crippen LogP contribution in [0.25, 0.3) is 0 Å². The second-order valence-corrected chi connectivity index (χ2v) is 9.66. The van der Waals surface area contributed by atoms with Crippen LogP contribution in [-0.4, -0.2) is 40.8 Å². The van der Waals surface area contributed by atoms with Crippen LogP contribution >= 0.6 is 0 Å². The quantitative estimate of drug-likeness (QED) is 0.369. The van der Waals surface area contributed by atoms with Crippen LogP contribution in [0.4, 0.5) is 23.2 Å². The predicted molar refractivity (Wildman–Crippen MR) is 131 cm³/mol. The lowest BCUT2D eigenvalue weighted by molar-refractivity contribution is -0.137. The molecule has 1 aromatic heterocycles. The average Bonchev–Trinajstić information content (AvgIpc) is 3.60. The number of alkyl halides is 3. The van der Waals surface area contributed by atoms with E-state index in [2.05, 4.69) is 22.2 Å². The average molecular weight is 519 g/mol. The molecule has 0 spiro atoms. The Balaban J connectivity index is 1.60. The number of benzene rings is 1. The number of aromatic nitrogens is 1. The highest BCUT2D eigenvalue weighted by Crippen LogP contribution is 2.43. The van der Waals surface area contributed by atoms with E-state index in [-0.39, 0.29) is 29.9 Å². The zero-order chi connectivity index (χ0) is 26.9. The van der Waals surface area contributed by atoms with Gasteiger partial charge in [0.2, 0.25) is 5.91 Å². The molecular weight excluding hydrogens is 488 g/mol. The first kappa shape index (κ1) is 26.6. The van der Waals surface area contributed by atoms with Crippen LogP contribution in [0.15, 0.2) is 43.1 Å². The molecular formula is C27H30F4N4O2. The molecule has 2 amide bonds. The number of halogens is 4. The standard InChI is InChI=1S/C27H30F4N4O2/c1-4-16-11-23(35(14-16)26(37)20-10-15(3)33-13-22(20)32-5-2)25(36)34-24(17-6-7-17)19-9-8-18(12-21(19)28)27(29,30)31/h4,8-10,12-13,16-17,23-24,32H,1,5-7,11,14H2,2-3H3,(H,34,36)/t16-,23-,24-/m1/s1. The Morgan fingerprint density at radius 3 is 2.59 bits per heavy atom. The van der Waals surface area contributed by atoms with E-state index in [1.54, 1.807) is 25.3 Å². The number of hydrogen-bond donors (Lipinski definition) is 2. The number of rotatable bonds is 8. The second-order valence-electron chi connectivity index (χ2n) is 9.66. The lowest BCUT2D eigenvalue weighted by Crippen LogP contribution is -2.47. The Labute approximate surface area is 213 Å². The number of anilines is 1. The molecule has 2 N–H and O–H groups in total. The molecule has 0 radical (unpaired) electrons. The minimum Gasteiger partial charge on any atom is -0.383 e. The van der Waals surface area contributed by atoms with E-state index in [1.165, 1.54) is 4.90 Å². The fourth-order valence-corrected chi connectivity index (χ4v) is 4.82. The normalized spacial score (nSPS) is 20.4. The third kappa shape index (κ3) is 5.78. The van der Waals surface area contributed by atoms with Gasteiger partial charge in [0.25, 0.3) is 5.91 Å². The second kappa shape index (κ2) is 10.5. The maximum absolute atomic E-state index is 14.8. The number of carbonyl (C=O) groups excluding carboxylic acids is 2.